The standard InChI is InChI=1S/C19H24N2O3S/c1-14-6-5-7-16(12-14)21-18(22)13-20-25(23,24)17-10-8-15(9-11-17)19(2,3)4/h5-12,20H,13H2,1-4H3,(H,21,22). The molecule has 2 rings (SSSR count). The lowest BCUT2D eigenvalue weighted by molar-refractivity contribution is -0.115. The molecular formula is C19H24N2O3S. The zero-order chi connectivity index (χ0) is 18.7. The first-order chi connectivity index (χ1) is 11.6. The summed E-state index contributed by atoms with van der Waals surface area (Å²) >= 11 is 0. The van der Waals surface area contributed by atoms with Gasteiger partial charge in [-0.05, 0) is 47.7 Å². The maximum Gasteiger partial charge on any atom is 0.241 e. The van der Waals surface area contributed by atoms with E-state index in [1.807, 2.05) is 25.1 Å². The van der Waals surface area contributed by atoms with Crippen molar-refractivity contribution < 1.29 is 13.2 Å². The molecule has 134 valence electrons. The van der Waals surface area contributed by atoms with Crippen LogP contribution in [0, 0.1) is 6.92 Å². The Hall–Kier alpha value is -2.18. The number of rotatable bonds is 5. The number of aryl methyl sites for hydroxylation is 1. The maximum absolute atomic E-state index is 12.3. The van der Waals surface area contributed by atoms with Gasteiger partial charge in [0.1, 0.15) is 0 Å². The monoisotopic (exact) mass is 360 g/mol. The van der Waals surface area contributed by atoms with E-state index in [2.05, 4.69) is 30.8 Å². The van der Waals surface area contributed by atoms with Gasteiger partial charge in [0.15, 0.2) is 0 Å². The average molecular weight is 360 g/mol. The van der Waals surface area contributed by atoms with E-state index >= 15 is 0 Å². The molecule has 0 radical (unpaired) electrons. The molecule has 5 nitrogen and oxygen atoms in total. The predicted octanol–water partition coefficient (Wildman–Crippen LogP) is 3.21. The first-order valence-corrected chi connectivity index (χ1v) is 9.53. The summed E-state index contributed by atoms with van der Waals surface area (Å²) in [4.78, 5) is 12.1. The second-order valence-electron chi connectivity index (χ2n) is 7.02. The topological polar surface area (TPSA) is 75.3 Å². The van der Waals surface area contributed by atoms with Crippen LogP contribution in [0.2, 0.25) is 0 Å². The van der Waals surface area contributed by atoms with Crippen LogP contribution in [0.3, 0.4) is 0 Å². The van der Waals surface area contributed by atoms with Gasteiger partial charge in [0.05, 0.1) is 11.4 Å². The highest BCUT2D eigenvalue weighted by molar-refractivity contribution is 7.89. The molecular weight excluding hydrogens is 336 g/mol. The first-order valence-electron chi connectivity index (χ1n) is 8.05. The molecule has 0 unspecified atom stereocenters. The van der Waals surface area contributed by atoms with Crippen LogP contribution in [0.25, 0.3) is 0 Å². The number of hydrogen-bond acceptors (Lipinski definition) is 3. The van der Waals surface area contributed by atoms with Crippen LogP contribution in [0.5, 0.6) is 0 Å². The molecule has 0 aliphatic rings. The normalized spacial score (nSPS) is 12.0. The van der Waals surface area contributed by atoms with Crippen molar-refractivity contribution in [2.45, 2.75) is 38.0 Å². The molecule has 1 amide bonds. The van der Waals surface area contributed by atoms with Gasteiger partial charge in [0.25, 0.3) is 0 Å². The van der Waals surface area contributed by atoms with Crippen LogP contribution in [-0.4, -0.2) is 20.9 Å². The van der Waals surface area contributed by atoms with Gasteiger partial charge in [-0.1, -0.05) is 45.0 Å². The van der Waals surface area contributed by atoms with Crippen molar-refractivity contribution in [3.05, 3.63) is 59.7 Å². The van der Waals surface area contributed by atoms with Crippen LogP contribution in [0.4, 0.5) is 5.69 Å². The minimum absolute atomic E-state index is 0.0522. The van der Waals surface area contributed by atoms with Gasteiger partial charge in [-0.25, -0.2) is 13.1 Å². The van der Waals surface area contributed by atoms with Gasteiger partial charge >= 0.3 is 0 Å². The van der Waals surface area contributed by atoms with Crippen molar-refractivity contribution >= 4 is 21.6 Å². The molecule has 6 heteroatoms. The van der Waals surface area contributed by atoms with E-state index in [9.17, 15) is 13.2 Å². The lowest BCUT2D eigenvalue weighted by Gasteiger charge is -2.19. The number of carbonyl (C=O) groups is 1. The summed E-state index contributed by atoms with van der Waals surface area (Å²) in [6, 6.07) is 14.0. The SMILES string of the molecule is Cc1cccc(NC(=O)CNS(=O)(=O)c2ccc(C(C)(C)C)cc2)c1. The van der Waals surface area contributed by atoms with Crippen molar-refractivity contribution in [3.63, 3.8) is 0 Å². The molecule has 0 atom stereocenters. The van der Waals surface area contributed by atoms with Crippen molar-refractivity contribution in [1.82, 2.24) is 4.72 Å². The summed E-state index contributed by atoms with van der Waals surface area (Å²) in [5.41, 5.74) is 2.64. The minimum Gasteiger partial charge on any atom is -0.325 e. The molecule has 0 aliphatic carbocycles. The minimum atomic E-state index is -3.73. The fourth-order valence-corrected chi connectivity index (χ4v) is 3.29. The van der Waals surface area contributed by atoms with Gasteiger partial charge in [-0.3, -0.25) is 4.79 Å². The molecule has 0 fully saturated rings. The van der Waals surface area contributed by atoms with E-state index in [4.69, 9.17) is 0 Å². The van der Waals surface area contributed by atoms with E-state index < -0.39 is 15.9 Å². The number of anilines is 1. The van der Waals surface area contributed by atoms with Gasteiger partial charge in [0, 0.05) is 5.69 Å². The van der Waals surface area contributed by atoms with Crippen molar-refractivity contribution in [3.8, 4) is 0 Å². The Morgan fingerprint density at radius 2 is 1.68 bits per heavy atom. The molecule has 2 aromatic rings. The van der Waals surface area contributed by atoms with E-state index in [1.54, 1.807) is 30.3 Å². The van der Waals surface area contributed by atoms with E-state index in [1.165, 1.54) is 0 Å². The van der Waals surface area contributed by atoms with Crippen LogP contribution in [0.15, 0.2) is 53.4 Å². The second kappa shape index (κ2) is 7.37. The van der Waals surface area contributed by atoms with E-state index in [0.717, 1.165) is 11.1 Å². The fraction of sp³-hybridized carbons (Fsp3) is 0.316. The van der Waals surface area contributed by atoms with E-state index in [0.29, 0.717) is 5.69 Å². The molecule has 0 heterocycles. The summed E-state index contributed by atoms with van der Waals surface area (Å²) in [6.45, 7) is 7.77. The Balaban J connectivity index is 2.00. The number of carbonyl (C=O) groups excluding carboxylic acids is 1. The van der Waals surface area contributed by atoms with E-state index in [-0.39, 0.29) is 16.9 Å². The first kappa shape index (κ1) is 19.1. The Kier molecular flexibility index (Phi) is 5.65. The summed E-state index contributed by atoms with van der Waals surface area (Å²) in [5.74, 6) is -0.416. The Bertz CT molecular complexity index is 851. The second-order valence-corrected chi connectivity index (χ2v) is 8.78. The van der Waals surface area contributed by atoms with Gasteiger partial charge in [-0.2, -0.15) is 0 Å². The lowest BCUT2D eigenvalue weighted by atomic mass is 9.87. The van der Waals surface area contributed by atoms with Crippen LogP contribution in [0.1, 0.15) is 31.9 Å². The van der Waals surface area contributed by atoms with Crippen molar-refractivity contribution in [2.24, 2.45) is 0 Å². The smallest absolute Gasteiger partial charge is 0.241 e. The van der Waals surface area contributed by atoms with Crippen LogP contribution < -0.4 is 10.0 Å². The molecule has 2 N–H and O–H groups in total. The molecule has 0 aromatic heterocycles. The fourth-order valence-electron chi connectivity index (χ4n) is 2.31. The third-order valence-electron chi connectivity index (χ3n) is 3.76. The van der Waals surface area contributed by atoms with Gasteiger partial charge < -0.3 is 5.32 Å². The maximum atomic E-state index is 12.3. The van der Waals surface area contributed by atoms with Crippen molar-refractivity contribution in [1.29, 1.82) is 0 Å². The molecule has 25 heavy (non-hydrogen) atoms. The Labute approximate surface area is 149 Å². The number of benzene rings is 2. The number of hydrogen-bond donors (Lipinski definition) is 2. The molecule has 0 saturated carbocycles. The van der Waals surface area contributed by atoms with Gasteiger partial charge in [-0.15, -0.1) is 0 Å². The van der Waals surface area contributed by atoms with Crippen LogP contribution >= 0.6 is 0 Å². The highest BCUT2D eigenvalue weighted by Crippen LogP contribution is 2.23. The number of amides is 1. The lowest BCUT2D eigenvalue weighted by Crippen LogP contribution is -2.33. The Morgan fingerprint density at radius 1 is 1.04 bits per heavy atom. The molecule has 0 saturated heterocycles. The number of nitrogens with one attached hydrogen (secondary N) is 2. The largest absolute Gasteiger partial charge is 0.325 e. The highest BCUT2D eigenvalue weighted by atomic mass is 32.2. The molecule has 0 bridgehead atoms. The molecule has 2 aromatic carbocycles. The third kappa shape index (κ3) is 5.41. The van der Waals surface area contributed by atoms with Crippen molar-refractivity contribution in [2.75, 3.05) is 11.9 Å². The number of sulfonamides is 1. The Morgan fingerprint density at radius 3 is 2.24 bits per heavy atom. The third-order valence-corrected chi connectivity index (χ3v) is 5.17. The zero-order valence-corrected chi connectivity index (χ0v) is 15.8. The molecule has 0 spiro atoms. The zero-order valence-electron chi connectivity index (χ0n) is 15.0. The highest BCUT2D eigenvalue weighted by Gasteiger charge is 2.18. The summed E-state index contributed by atoms with van der Waals surface area (Å²) in [5, 5.41) is 2.67. The quantitative estimate of drug-likeness (QED) is 0.860. The predicted molar refractivity (Wildman–Crippen MR) is 100 cm³/mol. The van der Waals surface area contributed by atoms with Crippen LogP contribution in [-0.2, 0) is 20.2 Å². The molecule has 0 aliphatic heterocycles. The summed E-state index contributed by atoms with van der Waals surface area (Å²) < 4.78 is 27.0. The van der Waals surface area contributed by atoms with Gasteiger partial charge in [0.2, 0.25) is 15.9 Å². The average Bonchev–Trinajstić information content (AvgIpc) is 2.52. The summed E-state index contributed by atoms with van der Waals surface area (Å²) in [7, 11) is -3.73. The summed E-state index contributed by atoms with van der Waals surface area (Å²) in [6.07, 6.45) is 0.